The SMILES string of the molecule is COC(=O)C1CCC(c2nnc(CC(F)(F)F)o2)CC1. The molecule has 0 amide bonds. The van der Waals surface area contributed by atoms with Crippen LogP contribution in [0.4, 0.5) is 13.2 Å². The smallest absolute Gasteiger partial charge is 0.397 e. The summed E-state index contributed by atoms with van der Waals surface area (Å²) >= 11 is 0. The van der Waals surface area contributed by atoms with Crippen molar-refractivity contribution in [3.05, 3.63) is 11.8 Å². The summed E-state index contributed by atoms with van der Waals surface area (Å²) in [4.78, 5) is 11.4. The van der Waals surface area contributed by atoms with E-state index in [0.29, 0.717) is 25.7 Å². The zero-order valence-corrected chi connectivity index (χ0v) is 10.9. The predicted octanol–water partition coefficient (Wildman–Crippen LogP) is 2.62. The Kier molecular flexibility index (Phi) is 4.29. The zero-order valence-electron chi connectivity index (χ0n) is 10.9. The van der Waals surface area contributed by atoms with E-state index in [1.165, 1.54) is 7.11 Å². The molecule has 2 rings (SSSR count). The summed E-state index contributed by atoms with van der Waals surface area (Å²) in [5.74, 6) is -0.652. The number of halogens is 3. The third kappa shape index (κ3) is 3.71. The molecule has 8 heteroatoms. The zero-order chi connectivity index (χ0) is 14.8. The van der Waals surface area contributed by atoms with Crippen LogP contribution in [0.25, 0.3) is 0 Å². The number of alkyl halides is 3. The first-order chi connectivity index (χ1) is 9.39. The van der Waals surface area contributed by atoms with Gasteiger partial charge >= 0.3 is 12.1 Å². The average molecular weight is 292 g/mol. The molecule has 0 unspecified atom stereocenters. The summed E-state index contributed by atoms with van der Waals surface area (Å²) in [6.45, 7) is 0. The maximum atomic E-state index is 12.2. The molecular weight excluding hydrogens is 277 g/mol. The first-order valence-electron chi connectivity index (χ1n) is 6.36. The molecule has 0 saturated heterocycles. The molecule has 112 valence electrons. The Hall–Kier alpha value is -1.60. The summed E-state index contributed by atoms with van der Waals surface area (Å²) in [5.41, 5.74) is 0. The summed E-state index contributed by atoms with van der Waals surface area (Å²) < 4.78 is 46.3. The van der Waals surface area contributed by atoms with Gasteiger partial charge in [-0.05, 0) is 25.7 Å². The number of ether oxygens (including phenoxy) is 1. The lowest BCUT2D eigenvalue weighted by Gasteiger charge is -2.24. The van der Waals surface area contributed by atoms with Crippen LogP contribution < -0.4 is 0 Å². The van der Waals surface area contributed by atoms with Crippen LogP contribution in [0.1, 0.15) is 43.4 Å². The fraction of sp³-hybridized carbons (Fsp3) is 0.750. The number of nitrogens with zero attached hydrogens (tertiary/aromatic N) is 2. The summed E-state index contributed by atoms with van der Waals surface area (Å²) in [5, 5.41) is 7.10. The average Bonchev–Trinajstić information content (AvgIpc) is 2.84. The minimum atomic E-state index is -4.35. The molecule has 0 radical (unpaired) electrons. The number of esters is 1. The van der Waals surface area contributed by atoms with Crippen molar-refractivity contribution < 1.29 is 27.1 Å². The molecule has 0 aliphatic heterocycles. The second-order valence-electron chi connectivity index (χ2n) is 4.90. The number of carbonyl (C=O) groups excluding carboxylic acids is 1. The number of carbonyl (C=O) groups is 1. The van der Waals surface area contributed by atoms with Gasteiger partial charge < -0.3 is 9.15 Å². The lowest BCUT2D eigenvalue weighted by molar-refractivity contribution is -0.146. The molecule has 0 bridgehead atoms. The largest absolute Gasteiger partial charge is 0.469 e. The van der Waals surface area contributed by atoms with E-state index in [1.54, 1.807) is 0 Å². The van der Waals surface area contributed by atoms with Gasteiger partial charge in [-0.1, -0.05) is 0 Å². The number of rotatable bonds is 3. The maximum absolute atomic E-state index is 12.2. The standard InChI is InChI=1S/C12H15F3N2O3/c1-19-11(18)8-4-2-7(3-5-8)10-17-16-9(20-10)6-12(13,14)15/h7-8H,2-6H2,1H3. The Bertz CT molecular complexity index is 465. The van der Waals surface area contributed by atoms with Gasteiger partial charge in [0.05, 0.1) is 13.0 Å². The van der Waals surface area contributed by atoms with Crippen LogP contribution in [-0.2, 0) is 16.0 Å². The van der Waals surface area contributed by atoms with Gasteiger partial charge in [0, 0.05) is 5.92 Å². The topological polar surface area (TPSA) is 65.2 Å². The summed E-state index contributed by atoms with van der Waals surface area (Å²) in [7, 11) is 1.34. The third-order valence-electron chi connectivity index (χ3n) is 3.45. The van der Waals surface area contributed by atoms with E-state index in [1.807, 2.05) is 0 Å². The van der Waals surface area contributed by atoms with Crippen molar-refractivity contribution in [2.24, 2.45) is 5.92 Å². The predicted molar refractivity (Wildman–Crippen MR) is 60.8 cm³/mol. The highest BCUT2D eigenvalue weighted by Crippen LogP contribution is 2.36. The molecule has 1 saturated carbocycles. The van der Waals surface area contributed by atoms with Gasteiger partial charge in [-0.25, -0.2) is 0 Å². The van der Waals surface area contributed by atoms with Crippen molar-refractivity contribution >= 4 is 5.97 Å². The normalized spacial score (nSPS) is 23.6. The minimum Gasteiger partial charge on any atom is -0.469 e. The van der Waals surface area contributed by atoms with Crippen molar-refractivity contribution in [1.29, 1.82) is 0 Å². The Balaban J connectivity index is 1.92. The molecule has 1 heterocycles. The lowest BCUT2D eigenvalue weighted by Crippen LogP contribution is -2.22. The summed E-state index contributed by atoms with van der Waals surface area (Å²) in [6, 6.07) is 0. The van der Waals surface area contributed by atoms with E-state index in [9.17, 15) is 18.0 Å². The number of hydrogen-bond acceptors (Lipinski definition) is 5. The number of hydrogen-bond donors (Lipinski definition) is 0. The molecule has 0 atom stereocenters. The highest BCUT2D eigenvalue weighted by Gasteiger charge is 2.33. The monoisotopic (exact) mass is 292 g/mol. The van der Waals surface area contributed by atoms with E-state index >= 15 is 0 Å². The van der Waals surface area contributed by atoms with Gasteiger partial charge in [-0.3, -0.25) is 4.79 Å². The van der Waals surface area contributed by atoms with Gasteiger partial charge in [0.1, 0.15) is 6.42 Å². The van der Waals surface area contributed by atoms with Gasteiger partial charge in [0.25, 0.3) is 0 Å². The molecule has 1 fully saturated rings. The fourth-order valence-corrected chi connectivity index (χ4v) is 2.42. The molecule has 1 aromatic rings. The lowest BCUT2D eigenvalue weighted by atomic mass is 9.82. The van der Waals surface area contributed by atoms with E-state index in [-0.39, 0.29) is 23.7 Å². The van der Waals surface area contributed by atoms with Gasteiger partial charge in [0.15, 0.2) is 0 Å². The van der Waals surface area contributed by atoms with Crippen LogP contribution >= 0.6 is 0 Å². The molecule has 1 aromatic heterocycles. The number of aromatic nitrogens is 2. The Morgan fingerprint density at radius 1 is 1.30 bits per heavy atom. The van der Waals surface area contributed by atoms with Crippen LogP contribution in [0.5, 0.6) is 0 Å². The Morgan fingerprint density at radius 2 is 1.95 bits per heavy atom. The van der Waals surface area contributed by atoms with Crippen molar-refractivity contribution in [3.8, 4) is 0 Å². The van der Waals surface area contributed by atoms with Crippen molar-refractivity contribution in [1.82, 2.24) is 10.2 Å². The van der Waals surface area contributed by atoms with Crippen LogP contribution in [0, 0.1) is 5.92 Å². The van der Waals surface area contributed by atoms with Crippen LogP contribution in [0.15, 0.2) is 4.42 Å². The van der Waals surface area contributed by atoms with E-state index in [0.717, 1.165) is 0 Å². The third-order valence-corrected chi connectivity index (χ3v) is 3.45. The Morgan fingerprint density at radius 3 is 2.50 bits per heavy atom. The highest BCUT2D eigenvalue weighted by molar-refractivity contribution is 5.72. The quantitative estimate of drug-likeness (QED) is 0.801. The maximum Gasteiger partial charge on any atom is 0.397 e. The van der Waals surface area contributed by atoms with E-state index in [2.05, 4.69) is 14.9 Å². The van der Waals surface area contributed by atoms with Crippen molar-refractivity contribution in [2.75, 3.05) is 7.11 Å². The molecule has 20 heavy (non-hydrogen) atoms. The van der Waals surface area contributed by atoms with Gasteiger partial charge in [-0.15, -0.1) is 10.2 Å². The molecule has 0 aromatic carbocycles. The highest BCUT2D eigenvalue weighted by atomic mass is 19.4. The van der Waals surface area contributed by atoms with E-state index < -0.39 is 18.5 Å². The molecule has 0 N–H and O–H groups in total. The molecule has 1 aliphatic rings. The van der Waals surface area contributed by atoms with Crippen molar-refractivity contribution in [3.63, 3.8) is 0 Å². The van der Waals surface area contributed by atoms with E-state index in [4.69, 9.17) is 4.42 Å². The molecule has 5 nitrogen and oxygen atoms in total. The van der Waals surface area contributed by atoms with Gasteiger partial charge in [0.2, 0.25) is 11.8 Å². The second-order valence-corrected chi connectivity index (χ2v) is 4.90. The van der Waals surface area contributed by atoms with Crippen LogP contribution in [0.3, 0.4) is 0 Å². The summed E-state index contributed by atoms with van der Waals surface area (Å²) in [6.07, 6.45) is -3.06. The molecular formula is C12H15F3N2O3. The molecule has 1 aliphatic carbocycles. The fourth-order valence-electron chi connectivity index (χ4n) is 2.42. The van der Waals surface area contributed by atoms with Crippen molar-refractivity contribution in [2.45, 2.75) is 44.2 Å². The first-order valence-corrected chi connectivity index (χ1v) is 6.36. The second kappa shape index (κ2) is 5.80. The number of methoxy groups -OCH3 is 1. The van der Waals surface area contributed by atoms with Crippen LogP contribution in [-0.4, -0.2) is 29.5 Å². The molecule has 0 spiro atoms. The first kappa shape index (κ1) is 14.8. The Labute approximate surface area is 113 Å². The van der Waals surface area contributed by atoms with Crippen LogP contribution in [0.2, 0.25) is 0 Å². The van der Waals surface area contributed by atoms with Gasteiger partial charge in [-0.2, -0.15) is 13.2 Å². The minimum absolute atomic E-state index is 0.0783.